The Balaban J connectivity index is 2.31. The maximum Gasteiger partial charge on any atom is 0.221 e. The Bertz CT molecular complexity index is 278. The molecule has 0 bridgehead atoms. The first-order valence-corrected chi connectivity index (χ1v) is 7.67. The van der Waals surface area contributed by atoms with Crippen LogP contribution in [0.2, 0.25) is 0 Å². The van der Waals surface area contributed by atoms with Gasteiger partial charge in [0.15, 0.2) is 0 Å². The molecule has 1 aliphatic rings. The highest BCUT2D eigenvalue weighted by Gasteiger charge is 2.17. The van der Waals surface area contributed by atoms with Gasteiger partial charge in [-0.05, 0) is 6.92 Å². The van der Waals surface area contributed by atoms with Gasteiger partial charge in [0.25, 0.3) is 0 Å². The molecule has 0 amide bonds. The minimum absolute atomic E-state index is 0.0482. The molecule has 1 aliphatic heterocycles. The third kappa shape index (κ3) is 5.26. The fraction of sp³-hybridized carbons (Fsp3) is 1.00. The van der Waals surface area contributed by atoms with Crippen LogP contribution in [-0.2, 0) is 14.8 Å². The summed E-state index contributed by atoms with van der Waals surface area (Å²) in [6.07, 6.45) is 0. The second kappa shape index (κ2) is 6.15. The van der Waals surface area contributed by atoms with Gasteiger partial charge in [-0.3, -0.25) is 4.90 Å². The minimum Gasteiger partial charge on any atom is -0.379 e. The van der Waals surface area contributed by atoms with Crippen molar-refractivity contribution in [2.45, 2.75) is 13.0 Å². The van der Waals surface area contributed by atoms with E-state index in [4.69, 9.17) is 4.74 Å². The largest absolute Gasteiger partial charge is 0.379 e. The fourth-order valence-electron chi connectivity index (χ4n) is 1.55. The highest BCUT2D eigenvalue weighted by atomic mass is 79.9. The summed E-state index contributed by atoms with van der Waals surface area (Å²) >= 11 is 2.94. The summed E-state index contributed by atoms with van der Waals surface area (Å²) in [6, 6.07) is -0.0642. The van der Waals surface area contributed by atoms with Crippen LogP contribution in [0.15, 0.2) is 0 Å². The predicted octanol–water partition coefficient (Wildman–Crippen LogP) is -0.0211. The number of alkyl halides is 1. The van der Waals surface area contributed by atoms with Crippen LogP contribution in [0.25, 0.3) is 0 Å². The van der Waals surface area contributed by atoms with Crippen LogP contribution in [0.1, 0.15) is 6.92 Å². The number of ether oxygens (including phenoxy) is 1. The summed E-state index contributed by atoms with van der Waals surface area (Å²) < 4.78 is 30.3. The van der Waals surface area contributed by atoms with Crippen molar-refractivity contribution in [1.29, 1.82) is 0 Å². The molecule has 1 N–H and O–H groups in total. The van der Waals surface area contributed by atoms with Crippen LogP contribution in [0.3, 0.4) is 0 Å². The molecule has 0 aromatic heterocycles. The molecule has 1 fully saturated rings. The van der Waals surface area contributed by atoms with Gasteiger partial charge < -0.3 is 4.74 Å². The molecule has 0 aromatic rings. The average Bonchev–Trinajstić information content (AvgIpc) is 2.18. The second-order valence-corrected chi connectivity index (χ2v) is 6.71. The standard InChI is InChI=1S/C8H17BrN2O3S/c1-8(10-15(12,13)7-9)6-11-2-4-14-5-3-11/h8,10H,2-7H2,1H3. The molecule has 5 nitrogen and oxygen atoms in total. The number of nitrogens with zero attached hydrogens (tertiary/aromatic N) is 1. The molecule has 1 atom stereocenters. The maximum atomic E-state index is 11.3. The predicted molar refractivity (Wildman–Crippen MR) is 62.6 cm³/mol. The monoisotopic (exact) mass is 300 g/mol. The highest BCUT2D eigenvalue weighted by molar-refractivity contribution is 9.10. The number of hydrogen-bond acceptors (Lipinski definition) is 4. The molecule has 0 radical (unpaired) electrons. The van der Waals surface area contributed by atoms with Crippen molar-refractivity contribution in [3.63, 3.8) is 0 Å². The van der Waals surface area contributed by atoms with Crippen molar-refractivity contribution in [3.05, 3.63) is 0 Å². The van der Waals surface area contributed by atoms with Crippen molar-refractivity contribution in [2.75, 3.05) is 37.5 Å². The lowest BCUT2D eigenvalue weighted by Crippen LogP contribution is -2.46. The Morgan fingerprint density at radius 1 is 1.47 bits per heavy atom. The van der Waals surface area contributed by atoms with Gasteiger partial charge in [0.1, 0.15) is 4.66 Å². The molecular weight excluding hydrogens is 284 g/mol. The van der Waals surface area contributed by atoms with Gasteiger partial charge in [-0.1, -0.05) is 15.9 Å². The van der Waals surface area contributed by atoms with Gasteiger partial charge >= 0.3 is 0 Å². The first kappa shape index (κ1) is 13.4. The third-order valence-electron chi connectivity index (χ3n) is 2.16. The molecule has 0 aliphatic carbocycles. The molecule has 0 aromatic carbocycles. The van der Waals surface area contributed by atoms with E-state index in [1.165, 1.54) is 0 Å². The molecule has 1 heterocycles. The lowest BCUT2D eigenvalue weighted by atomic mass is 10.3. The number of halogens is 1. The van der Waals surface area contributed by atoms with E-state index in [2.05, 4.69) is 25.6 Å². The van der Waals surface area contributed by atoms with E-state index < -0.39 is 10.0 Å². The van der Waals surface area contributed by atoms with Gasteiger partial charge in [0.2, 0.25) is 10.0 Å². The fourth-order valence-corrected chi connectivity index (χ4v) is 2.69. The van der Waals surface area contributed by atoms with E-state index in [0.29, 0.717) is 0 Å². The molecule has 90 valence electrons. The van der Waals surface area contributed by atoms with Crippen molar-refractivity contribution < 1.29 is 13.2 Å². The van der Waals surface area contributed by atoms with E-state index in [1.54, 1.807) is 0 Å². The molecule has 15 heavy (non-hydrogen) atoms. The van der Waals surface area contributed by atoms with E-state index in [1.807, 2.05) is 6.92 Å². The molecule has 7 heteroatoms. The summed E-state index contributed by atoms with van der Waals surface area (Å²) in [4.78, 5) is 2.20. The van der Waals surface area contributed by atoms with Crippen molar-refractivity contribution in [1.82, 2.24) is 9.62 Å². The van der Waals surface area contributed by atoms with Crippen molar-refractivity contribution in [3.8, 4) is 0 Å². The van der Waals surface area contributed by atoms with Gasteiger partial charge in [-0.2, -0.15) is 0 Å². The molecule has 0 saturated carbocycles. The van der Waals surface area contributed by atoms with Crippen LogP contribution in [-0.4, -0.2) is 56.9 Å². The summed E-state index contributed by atoms with van der Waals surface area (Å²) in [7, 11) is -3.16. The lowest BCUT2D eigenvalue weighted by Gasteiger charge is -2.29. The third-order valence-corrected chi connectivity index (χ3v) is 5.02. The Hall–Kier alpha value is 0.310. The Morgan fingerprint density at radius 3 is 2.60 bits per heavy atom. The van der Waals surface area contributed by atoms with Crippen LogP contribution in [0, 0.1) is 0 Å². The smallest absolute Gasteiger partial charge is 0.221 e. The maximum absolute atomic E-state index is 11.3. The lowest BCUT2D eigenvalue weighted by molar-refractivity contribution is 0.0354. The second-order valence-electron chi connectivity index (χ2n) is 3.66. The van der Waals surface area contributed by atoms with Gasteiger partial charge in [0.05, 0.1) is 13.2 Å². The minimum atomic E-state index is -3.16. The average molecular weight is 301 g/mol. The Labute approximate surface area is 99.3 Å². The first-order valence-electron chi connectivity index (χ1n) is 4.89. The topological polar surface area (TPSA) is 58.6 Å². The molecule has 0 spiro atoms. The van der Waals surface area contributed by atoms with E-state index in [9.17, 15) is 8.42 Å². The Morgan fingerprint density at radius 2 is 2.07 bits per heavy atom. The summed E-state index contributed by atoms with van der Waals surface area (Å²) in [5.41, 5.74) is 0. The molecule has 1 unspecified atom stereocenters. The quantitative estimate of drug-likeness (QED) is 0.725. The van der Waals surface area contributed by atoms with Gasteiger partial charge in [0, 0.05) is 25.7 Å². The zero-order chi connectivity index (χ0) is 11.3. The van der Waals surface area contributed by atoms with E-state index in [-0.39, 0.29) is 10.7 Å². The van der Waals surface area contributed by atoms with Crippen LogP contribution >= 0.6 is 15.9 Å². The van der Waals surface area contributed by atoms with E-state index >= 15 is 0 Å². The Kier molecular flexibility index (Phi) is 5.48. The van der Waals surface area contributed by atoms with Crippen LogP contribution in [0.4, 0.5) is 0 Å². The van der Waals surface area contributed by atoms with Gasteiger partial charge in [-0.15, -0.1) is 0 Å². The number of hydrogen-bond donors (Lipinski definition) is 1. The summed E-state index contributed by atoms with van der Waals surface area (Å²) in [5.74, 6) is 0. The number of sulfonamides is 1. The zero-order valence-electron chi connectivity index (χ0n) is 8.78. The van der Waals surface area contributed by atoms with Crippen molar-refractivity contribution >= 4 is 26.0 Å². The summed E-state index contributed by atoms with van der Waals surface area (Å²) in [6.45, 7) is 5.82. The highest BCUT2D eigenvalue weighted by Crippen LogP contribution is 2.00. The van der Waals surface area contributed by atoms with E-state index in [0.717, 1.165) is 32.8 Å². The first-order chi connectivity index (χ1) is 7.03. The number of morpholine rings is 1. The van der Waals surface area contributed by atoms with Crippen LogP contribution < -0.4 is 4.72 Å². The SMILES string of the molecule is CC(CN1CCOCC1)NS(=O)(=O)CBr. The van der Waals surface area contributed by atoms with Crippen LogP contribution in [0.5, 0.6) is 0 Å². The molecular formula is C8H17BrN2O3S. The normalized spacial score (nSPS) is 21.5. The number of rotatable bonds is 5. The number of nitrogens with one attached hydrogen (secondary N) is 1. The zero-order valence-corrected chi connectivity index (χ0v) is 11.2. The van der Waals surface area contributed by atoms with Gasteiger partial charge in [-0.25, -0.2) is 13.1 Å². The molecule has 1 saturated heterocycles. The molecule has 1 rings (SSSR count). The van der Waals surface area contributed by atoms with Crippen molar-refractivity contribution in [2.24, 2.45) is 0 Å². The summed E-state index contributed by atoms with van der Waals surface area (Å²) in [5, 5.41) is 0.